The van der Waals surface area contributed by atoms with Crippen LogP contribution in [0, 0.1) is 11.7 Å². The Morgan fingerprint density at radius 2 is 2.15 bits per heavy atom. The normalized spacial score (nSPS) is 21.1. The maximum absolute atomic E-state index is 13.2. The number of piperidine rings is 1. The zero-order chi connectivity index (χ0) is 14.6. The van der Waals surface area contributed by atoms with Crippen LogP contribution in [-0.4, -0.2) is 30.1 Å². The SMILES string of the molecule is CC(C)(C)NCC1CCCN(Cc2cccc(F)c2)C1. The Morgan fingerprint density at radius 3 is 2.85 bits per heavy atom. The summed E-state index contributed by atoms with van der Waals surface area (Å²) >= 11 is 0. The molecule has 1 aromatic rings. The highest BCUT2D eigenvalue weighted by molar-refractivity contribution is 5.16. The first kappa shape index (κ1) is 15.5. The number of halogens is 1. The molecule has 1 atom stereocenters. The van der Waals surface area contributed by atoms with Crippen molar-refractivity contribution in [3.05, 3.63) is 35.6 Å². The topological polar surface area (TPSA) is 15.3 Å². The van der Waals surface area contributed by atoms with Crippen LogP contribution >= 0.6 is 0 Å². The van der Waals surface area contributed by atoms with E-state index in [9.17, 15) is 4.39 Å². The molecule has 2 rings (SSSR count). The van der Waals surface area contributed by atoms with E-state index in [-0.39, 0.29) is 11.4 Å². The van der Waals surface area contributed by atoms with Crippen molar-refractivity contribution in [1.82, 2.24) is 10.2 Å². The Kier molecular flexibility index (Phi) is 5.17. The lowest BCUT2D eigenvalue weighted by molar-refractivity contribution is 0.159. The van der Waals surface area contributed by atoms with Crippen molar-refractivity contribution in [2.75, 3.05) is 19.6 Å². The van der Waals surface area contributed by atoms with Crippen LogP contribution in [0.25, 0.3) is 0 Å². The lowest BCUT2D eigenvalue weighted by Gasteiger charge is -2.34. The molecule has 112 valence electrons. The van der Waals surface area contributed by atoms with Crippen molar-refractivity contribution < 1.29 is 4.39 Å². The molecule has 1 unspecified atom stereocenters. The Hall–Kier alpha value is -0.930. The molecule has 1 N–H and O–H groups in total. The largest absolute Gasteiger partial charge is 0.312 e. The fourth-order valence-electron chi connectivity index (χ4n) is 2.81. The second-order valence-electron chi connectivity index (χ2n) is 7.00. The molecular weight excluding hydrogens is 251 g/mol. The molecule has 0 amide bonds. The molecular formula is C17H27FN2. The van der Waals surface area contributed by atoms with Gasteiger partial charge in [-0.05, 0) is 70.3 Å². The van der Waals surface area contributed by atoms with Crippen LogP contribution in [0.5, 0.6) is 0 Å². The minimum Gasteiger partial charge on any atom is -0.312 e. The third kappa shape index (κ3) is 5.22. The van der Waals surface area contributed by atoms with E-state index in [0.717, 1.165) is 31.7 Å². The molecule has 1 saturated heterocycles. The van der Waals surface area contributed by atoms with Crippen LogP contribution in [0.4, 0.5) is 4.39 Å². The van der Waals surface area contributed by atoms with Gasteiger partial charge in [-0.2, -0.15) is 0 Å². The summed E-state index contributed by atoms with van der Waals surface area (Å²) in [5.74, 6) is 0.571. The third-order valence-corrected chi connectivity index (χ3v) is 3.82. The van der Waals surface area contributed by atoms with Gasteiger partial charge in [-0.25, -0.2) is 4.39 Å². The van der Waals surface area contributed by atoms with Gasteiger partial charge in [0.15, 0.2) is 0 Å². The van der Waals surface area contributed by atoms with E-state index in [4.69, 9.17) is 0 Å². The average molecular weight is 278 g/mol. The highest BCUT2D eigenvalue weighted by Crippen LogP contribution is 2.19. The summed E-state index contributed by atoms with van der Waals surface area (Å²) in [6.07, 6.45) is 2.54. The van der Waals surface area contributed by atoms with Gasteiger partial charge < -0.3 is 5.32 Å². The van der Waals surface area contributed by atoms with Gasteiger partial charge in [-0.15, -0.1) is 0 Å². The fraction of sp³-hybridized carbons (Fsp3) is 0.647. The predicted molar refractivity (Wildman–Crippen MR) is 82.2 cm³/mol. The van der Waals surface area contributed by atoms with Gasteiger partial charge in [0.2, 0.25) is 0 Å². The summed E-state index contributed by atoms with van der Waals surface area (Å²) in [6.45, 7) is 10.8. The number of nitrogens with one attached hydrogen (secondary N) is 1. The quantitative estimate of drug-likeness (QED) is 0.908. The molecule has 1 aromatic carbocycles. The van der Waals surface area contributed by atoms with Gasteiger partial charge in [0, 0.05) is 18.6 Å². The van der Waals surface area contributed by atoms with E-state index >= 15 is 0 Å². The Morgan fingerprint density at radius 1 is 1.35 bits per heavy atom. The van der Waals surface area contributed by atoms with Crippen molar-refractivity contribution in [1.29, 1.82) is 0 Å². The van der Waals surface area contributed by atoms with E-state index in [0.29, 0.717) is 5.92 Å². The van der Waals surface area contributed by atoms with Crippen LogP contribution < -0.4 is 5.32 Å². The standard InChI is InChI=1S/C17H27FN2/c1-17(2,3)19-11-15-7-5-9-20(13-15)12-14-6-4-8-16(18)10-14/h4,6,8,10,15,19H,5,7,9,11-13H2,1-3H3. The van der Waals surface area contributed by atoms with E-state index < -0.39 is 0 Å². The maximum atomic E-state index is 13.2. The number of benzene rings is 1. The number of likely N-dealkylation sites (tertiary alicyclic amines) is 1. The van der Waals surface area contributed by atoms with Crippen molar-refractivity contribution in [3.8, 4) is 0 Å². The molecule has 0 spiro atoms. The molecule has 1 aliphatic heterocycles. The molecule has 1 heterocycles. The van der Waals surface area contributed by atoms with E-state index in [1.54, 1.807) is 12.1 Å². The highest BCUT2D eigenvalue weighted by Gasteiger charge is 2.21. The van der Waals surface area contributed by atoms with Crippen LogP contribution in [-0.2, 0) is 6.54 Å². The molecule has 20 heavy (non-hydrogen) atoms. The monoisotopic (exact) mass is 278 g/mol. The molecule has 0 aliphatic carbocycles. The minimum absolute atomic E-state index is 0.134. The molecule has 0 bridgehead atoms. The average Bonchev–Trinajstić information content (AvgIpc) is 2.36. The van der Waals surface area contributed by atoms with Gasteiger partial charge >= 0.3 is 0 Å². The summed E-state index contributed by atoms with van der Waals surface area (Å²) in [6, 6.07) is 6.97. The molecule has 1 fully saturated rings. The van der Waals surface area contributed by atoms with Crippen molar-refractivity contribution in [2.45, 2.75) is 45.7 Å². The van der Waals surface area contributed by atoms with Crippen molar-refractivity contribution >= 4 is 0 Å². The smallest absolute Gasteiger partial charge is 0.123 e. The molecule has 0 radical (unpaired) electrons. The van der Waals surface area contributed by atoms with Crippen LogP contribution in [0.15, 0.2) is 24.3 Å². The van der Waals surface area contributed by atoms with Gasteiger partial charge in [0.1, 0.15) is 5.82 Å². The predicted octanol–water partition coefficient (Wildman–Crippen LogP) is 3.43. The van der Waals surface area contributed by atoms with Crippen molar-refractivity contribution in [3.63, 3.8) is 0 Å². The second kappa shape index (κ2) is 6.68. The first-order chi connectivity index (χ1) is 9.42. The maximum Gasteiger partial charge on any atom is 0.123 e. The van der Waals surface area contributed by atoms with Crippen molar-refractivity contribution in [2.24, 2.45) is 5.92 Å². The van der Waals surface area contributed by atoms with Crippen LogP contribution in [0.2, 0.25) is 0 Å². The molecule has 2 nitrogen and oxygen atoms in total. The van der Waals surface area contributed by atoms with Gasteiger partial charge in [0.25, 0.3) is 0 Å². The molecule has 1 aliphatic rings. The Labute approximate surface area is 122 Å². The van der Waals surface area contributed by atoms with Gasteiger partial charge in [-0.1, -0.05) is 12.1 Å². The number of hydrogen-bond acceptors (Lipinski definition) is 2. The van der Waals surface area contributed by atoms with Gasteiger partial charge in [0.05, 0.1) is 0 Å². The van der Waals surface area contributed by atoms with E-state index in [1.165, 1.54) is 18.9 Å². The molecule has 3 heteroatoms. The number of rotatable bonds is 4. The zero-order valence-electron chi connectivity index (χ0n) is 13.0. The lowest BCUT2D eigenvalue weighted by Crippen LogP contribution is -2.44. The fourth-order valence-corrected chi connectivity index (χ4v) is 2.81. The summed E-state index contributed by atoms with van der Waals surface area (Å²) in [4.78, 5) is 2.45. The van der Waals surface area contributed by atoms with E-state index in [2.05, 4.69) is 31.0 Å². The first-order valence-corrected chi connectivity index (χ1v) is 7.64. The number of nitrogens with zero attached hydrogens (tertiary/aromatic N) is 1. The Bertz CT molecular complexity index is 425. The second-order valence-corrected chi connectivity index (χ2v) is 7.00. The summed E-state index contributed by atoms with van der Waals surface area (Å²) < 4.78 is 13.2. The van der Waals surface area contributed by atoms with Crippen LogP contribution in [0.1, 0.15) is 39.2 Å². The summed E-state index contributed by atoms with van der Waals surface area (Å²) in [7, 11) is 0. The Balaban J connectivity index is 1.84. The molecule has 0 aromatic heterocycles. The first-order valence-electron chi connectivity index (χ1n) is 7.64. The minimum atomic E-state index is -0.134. The molecule has 0 saturated carbocycles. The highest BCUT2D eigenvalue weighted by atomic mass is 19.1. The van der Waals surface area contributed by atoms with Gasteiger partial charge in [-0.3, -0.25) is 4.90 Å². The summed E-state index contributed by atoms with van der Waals surface area (Å²) in [5, 5.41) is 3.60. The lowest BCUT2D eigenvalue weighted by atomic mass is 9.96. The summed E-state index contributed by atoms with van der Waals surface area (Å²) in [5.41, 5.74) is 1.26. The third-order valence-electron chi connectivity index (χ3n) is 3.82. The van der Waals surface area contributed by atoms with Crippen LogP contribution in [0.3, 0.4) is 0 Å². The number of hydrogen-bond donors (Lipinski definition) is 1. The van der Waals surface area contributed by atoms with E-state index in [1.807, 2.05) is 6.07 Å². The zero-order valence-corrected chi connectivity index (χ0v) is 13.0.